The topological polar surface area (TPSA) is 64.3 Å². The summed E-state index contributed by atoms with van der Waals surface area (Å²) in [6, 6.07) is 5.08. The molecule has 3 aromatic rings. The van der Waals surface area contributed by atoms with E-state index in [0.717, 1.165) is 15.9 Å². The summed E-state index contributed by atoms with van der Waals surface area (Å²) in [4.78, 5) is 27.8. The van der Waals surface area contributed by atoms with Crippen LogP contribution in [0.4, 0.5) is 0 Å². The molecule has 0 fully saturated rings. The van der Waals surface area contributed by atoms with Gasteiger partial charge in [0.2, 0.25) is 4.96 Å². The molecular formula is C13H7Cl2N3O2S. The van der Waals surface area contributed by atoms with E-state index >= 15 is 0 Å². The van der Waals surface area contributed by atoms with Crippen molar-refractivity contribution >= 4 is 45.6 Å². The van der Waals surface area contributed by atoms with E-state index in [9.17, 15) is 9.59 Å². The van der Waals surface area contributed by atoms with Crippen LogP contribution in [0.25, 0.3) is 11.0 Å². The lowest BCUT2D eigenvalue weighted by molar-refractivity contribution is 0.833. The predicted octanol–water partition coefficient (Wildman–Crippen LogP) is 1.67. The molecule has 0 unspecified atom stereocenters. The lowest BCUT2D eigenvalue weighted by Crippen LogP contribution is -2.27. The van der Waals surface area contributed by atoms with Gasteiger partial charge in [-0.1, -0.05) is 40.6 Å². The minimum absolute atomic E-state index is 0.171. The molecule has 0 spiro atoms. The number of hydrogen-bond acceptors (Lipinski definition) is 5. The van der Waals surface area contributed by atoms with Crippen molar-refractivity contribution in [2.75, 3.05) is 0 Å². The Hall–Kier alpha value is -1.76. The van der Waals surface area contributed by atoms with Crippen LogP contribution in [-0.2, 0) is 0 Å². The summed E-state index contributed by atoms with van der Waals surface area (Å²) in [6.45, 7) is 1.51. The highest BCUT2D eigenvalue weighted by Gasteiger charge is 2.09. The van der Waals surface area contributed by atoms with E-state index in [4.69, 9.17) is 23.2 Å². The van der Waals surface area contributed by atoms with Gasteiger partial charge in [0, 0.05) is 15.6 Å². The van der Waals surface area contributed by atoms with Gasteiger partial charge in [-0.3, -0.25) is 9.59 Å². The maximum atomic E-state index is 12.3. The normalized spacial score (nSPS) is 12.2. The molecule has 0 aliphatic heterocycles. The van der Waals surface area contributed by atoms with Crippen molar-refractivity contribution in [2.45, 2.75) is 6.92 Å². The van der Waals surface area contributed by atoms with Gasteiger partial charge in [-0.2, -0.15) is 14.6 Å². The fraction of sp³-hybridized carbons (Fsp3) is 0.0769. The molecule has 5 nitrogen and oxygen atoms in total. The van der Waals surface area contributed by atoms with Crippen molar-refractivity contribution in [1.29, 1.82) is 0 Å². The molecule has 0 aliphatic carbocycles. The molecule has 0 N–H and O–H groups in total. The summed E-state index contributed by atoms with van der Waals surface area (Å²) >= 11 is 13.2. The molecule has 0 amide bonds. The molecule has 0 bridgehead atoms. The van der Waals surface area contributed by atoms with Crippen LogP contribution in [0.2, 0.25) is 10.0 Å². The average Bonchev–Trinajstić information content (AvgIpc) is 2.72. The summed E-state index contributed by atoms with van der Waals surface area (Å²) in [7, 11) is 0. The zero-order chi connectivity index (χ0) is 15.1. The third-order valence-corrected chi connectivity index (χ3v) is 4.44. The summed E-state index contributed by atoms with van der Waals surface area (Å²) in [5, 5.41) is 4.81. The Labute approximate surface area is 132 Å². The van der Waals surface area contributed by atoms with Gasteiger partial charge in [0.1, 0.15) is 5.69 Å². The van der Waals surface area contributed by atoms with Crippen LogP contribution >= 0.6 is 34.5 Å². The summed E-state index contributed by atoms with van der Waals surface area (Å²) in [5.74, 6) is 0. The number of benzene rings is 1. The Morgan fingerprint density at radius 1 is 1.24 bits per heavy atom. The first kappa shape index (κ1) is 14.2. The second kappa shape index (κ2) is 5.22. The number of aromatic nitrogens is 3. The van der Waals surface area contributed by atoms with Crippen LogP contribution in [0.5, 0.6) is 0 Å². The highest BCUT2D eigenvalue weighted by atomic mass is 35.5. The second-order valence-corrected chi connectivity index (χ2v) is 6.07. The van der Waals surface area contributed by atoms with Gasteiger partial charge in [-0.05, 0) is 25.1 Å². The van der Waals surface area contributed by atoms with Gasteiger partial charge in [0.05, 0.1) is 4.53 Å². The fourth-order valence-corrected chi connectivity index (χ4v) is 3.16. The van der Waals surface area contributed by atoms with E-state index < -0.39 is 5.56 Å². The second-order valence-electron chi connectivity index (χ2n) is 4.25. The molecule has 0 radical (unpaired) electrons. The van der Waals surface area contributed by atoms with Crippen molar-refractivity contribution in [2.24, 2.45) is 0 Å². The highest BCUT2D eigenvalue weighted by Crippen LogP contribution is 2.24. The van der Waals surface area contributed by atoms with Crippen LogP contribution in [0, 0.1) is 6.92 Å². The molecule has 1 aromatic carbocycles. The van der Waals surface area contributed by atoms with Crippen molar-refractivity contribution in [3.05, 3.63) is 64.7 Å². The number of thiazole rings is 1. The van der Waals surface area contributed by atoms with E-state index in [2.05, 4.69) is 10.1 Å². The molecule has 2 aromatic heterocycles. The fourth-order valence-electron chi connectivity index (χ4n) is 1.77. The van der Waals surface area contributed by atoms with Gasteiger partial charge in [0.25, 0.3) is 11.1 Å². The first-order valence-corrected chi connectivity index (χ1v) is 7.41. The first-order chi connectivity index (χ1) is 9.97. The number of hydrogen-bond donors (Lipinski definition) is 0. The van der Waals surface area contributed by atoms with Gasteiger partial charge in [0.15, 0.2) is 0 Å². The van der Waals surface area contributed by atoms with Crippen molar-refractivity contribution in [3.8, 4) is 0 Å². The van der Waals surface area contributed by atoms with E-state index in [1.165, 1.54) is 6.92 Å². The lowest BCUT2D eigenvalue weighted by atomic mass is 10.2. The minimum atomic E-state index is -0.446. The summed E-state index contributed by atoms with van der Waals surface area (Å²) in [5.41, 5.74) is -0.0888. The van der Waals surface area contributed by atoms with E-state index in [1.54, 1.807) is 24.3 Å². The van der Waals surface area contributed by atoms with E-state index in [0.29, 0.717) is 20.1 Å². The van der Waals surface area contributed by atoms with Crippen LogP contribution in [0.3, 0.4) is 0 Å². The number of rotatable bonds is 1. The van der Waals surface area contributed by atoms with Crippen molar-refractivity contribution in [3.63, 3.8) is 0 Å². The van der Waals surface area contributed by atoms with Crippen molar-refractivity contribution in [1.82, 2.24) is 14.6 Å². The molecule has 3 rings (SSSR count). The molecule has 0 saturated carbocycles. The largest absolute Gasteiger partial charge is 0.295 e. The number of nitrogens with zero attached hydrogens (tertiary/aromatic N) is 3. The minimum Gasteiger partial charge on any atom is -0.266 e. The van der Waals surface area contributed by atoms with Crippen LogP contribution in [0.15, 0.2) is 27.8 Å². The summed E-state index contributed by atoms with van der Waals surface area (Å²) in [6.07, 6.45) is 1.58. The maximum Gasteiger partial charge on any atom is 0.295 e. The smallest absolute Gasteiger partial charge is 0.266 e. The predicted molar refractivity (Wildman–Crippen MR) is 83.4 cm³/mol. The number of fused-ring (bicyclic) bond motifs is 1. The van der Waals surface area contributed by atoms with Gasteiger partial charge < -0.3 is 0 Å². The monoisotopic (exact) mass is 339 g/mol. The van der Waals surface area contributed by atoms with Crippen LogP contribution in [0.1, 0.15) is 11.3 Å². The molecule has 106 valence electrons. The van der Waals surface area contributed by atoms with Crippen molar-refractivity contribution < 1.29 is 0 Å². The lowest BCUT2D eigenvalue weighted by Gasteiger charge is -1.99. The Balaban J connectivity index is 2.36. The number of aryl methyl sites for hydroxylation is 1. The first-order valence-electron chi connectivity index (χ1n) is 5.83. The molecule has 0 atom stereocenters. The maximum absolute atomic E-state index is 12.3. The molecule has 21 heavy (non-hydrogen) atoms. The van der Waals surface area contributed by atoms with Crippen LogP contribution < -0.4 is 15.7 Å². The molecular weight excluding hydrogens is 333 g/mol. The average molecular weight is 340 g/mol. The SMILES string of the molecule is Cc1nn2c(=O)c(=Cc3c(Cl)cccc3Cl)sc2nc1=O. The van der Waals surface area contributed by atoms with Crippen LogP contribution in [-0.4, -0.2) is 14.6 Å². The van der Waals surface area contributed by atoms with Gasteiger partial charge >= 0.3 is 0 Å². The quantitative estimate of drug-likeness (QED) is 0.676. The highest BCUT2D eigenvalue weighted by molar-refractivity contribution is 7.15. The Morgan fingerprint density at radius 2 is 1.90 bits per heavy atom. The van der Waals surface area contributed by atoms with E-state index in [-0.39, 0.29) is 16.2 Å². The Morgan fingerprint density at radius 3 is 2.57 bits per heavy atom. The van der Waals surface area contributed by atoms with E-state index in [1.807, 2.05) is 0 Å². The van der Waals surface area contributed by atoms with Gasteiger partial charge in [-0.25, -0.2) is 0 Å². The number of halogens is 2. The Bertz CT molecular complexity index is 1010. The standard InChI is InChI=1S/C13H7Cl2N3O2S/c1-6-11(19)16-13-18(17-6)12(20)10(21-13)5-7-8(14)3-2-4-9(7)15/h2-5H,1H3. The molecule has 0 saturated heterocycles. The molecule has 2 heterocycles. The Kier molecular flexibility index (Phi) is 3.52. The molecule has 0 aliphatic rings. The third-order valence-electron chi connectivity index (χ3n) is 2.82. The third kappa shape index (κ3) is 2.46. The zero-order valence-corrected chi connectivity index (χ0v) is 13.0. The molecule has 8 heteroatoms. The zero-order valence-electron chi connectivity index (χ0n) is 10.6. The van der Waals surface area contributed by atoms with Gasteiger partial charge in [-0.15, -0.1) is 0 Å². The summed E-state index contributed by atoms with van der Waals surface area (Å²) < 4.78 is 1.47.